The summed E-state index contributed by atoms with van der Waals surface area (Å²) in [5.74, 6) is 1.01. The monoisotopic (exact) mass is 203 g/mol. The van der Waals surface area contributed by atoms with Gasteiger partial charge in [0.1, 0.15) is 5.82 Å². The second-order valence-electron chi connectivity index (χ2n) is 3.92. The van der Waals surface area contributed by atoms with Gasteiger partial charge in [-0.2, -0.15) is 0 Å². The molecule has 0 aliphatic rings. The van der Waals surface area contributed by atoms with Crippen molar-refractivity contribution >= 4 is 11.0 Å². The second kappa shape index (κ2) is 4.03. The number of benzene rings is 1. The zero-order valence-electron chi connectivity index (χ0n) is 9.52. The summed E-state index contributed by atoms with van der Waals surface area (Å²) in [6.07, 6.45) is 0. The van der Waals surface area contributed by atoms with Crippen LogP contribution >= 0.6 is 0 Å². The fraction of sp³-hybridized carbons (Fsp3) is 0.417. The minimum Gasteiger partial charge on any atom is -0.341 e. The lowest BCUT2D eigenvalue weighted by Gasteiger charge is -1.97. The van der Waals surface area contributed by atoms with E-state index in [1.807, 2.05) is 0 Å². The van der Waals surface area contributed by atoms with Gasteiger partial charge in [-0.3, -0.25) is 0 Å². The largest absolute Gasteiger partial charge is 0.341 e. The number of aromatic amines is 1. The Hall–Kier alpha value is -1.35. The Morgan fingerprint density at radius 3 is 2.73 bits per heavy atom. The van der Waals surface area contributed by atoms with Crippen LogP contribution in [0.4, 0.5) is 0 Å². The Morgan fingerprint density at radius 1 is 1.27 bits per heavy atom. The molecule has 0 aliphatic carbocycles. The van der Waals surface area contributed by atoms with Gasteiger partial charge in [-0.25, -0.2) is 4.98 Å². The van der Waals surface area contributed by atoms with Gasteiger partial charge in [0, 0.05) is 0 Å². The molecule has 1 aromatic carbocycles. The summed E-state index contributed by atoms with van der Waals surface area (Å²) >= 11 is 0. The van der Waals surface area contributed by atoms with Crippen LogP contribution in [-0.2, 0) is 6.54 Å². The zero-order valence-corrected chi connectivity index (χ0v) is 9.52. The molecule has 0 saturated carbocycles. The van der Waals surface area contributed by atoms with E-state index in [9.17, 15) is 0 Å². The first kappa shape index (κ1) is 10.2. The average molecular weight is 203 g/mol. The van der Waals surface area contributed by atoms with Crippen molar-refractivity contribution in [3.8, 4) is 0 Å². The van der Waals surface area contributed by atoms with Crippen LogP contribution in [-0.4, -0.2) is 16.5 Å². The van der Waals surface area contributed by atoms with Crippen molar-refractivity contribution in [3.63, 3.8) is 0 Å². The summed E-state index contributed by atoms with van der Waals surface area (Å²) in [6, 6.07) is 4.30. The lowest BCUT2D eigenvalue weighted by atomic mass is 10.1. The van der Waals surface area contributed by atoms with E-state index in [0.29, 0.717) is 0 Å². The molecule has 0 atom stereocenters. The van der Waals surface area contributed by atoms with Crippen LogP contribution < -0.4 is 5.32 Å². The highest BCUT2D eigenvalue weighted by atomic mass is 15.0. The summed E-state index contributed by atoms with van der Waals surface area (Å²) in [5.41, 5.74) is 4.79. The Labute approximate surface area is 89.9 Å². The molecule has 0 saturated heterocycles. The second-order valence-corrected chi connectivity index (χ2v) is 3.92. The molecule has 0 amide bonds. The number of rotatable bonds is 3. The van der Waals surface area contributed by atoms with Gasteiger partial charge in [0.25, 0.3) is 0 Å². The maximum absolute atomic E-state index is 4.53. The Balaban J connectivity index is 2.38. The van der Waals surface area contributed by atoms with Gasteiger partial charge < -0.3 is 10.3 Å². The smallest absolute Gasteiger partial charge is 0.121 e. The number of nitrogens with zero attached hydrogens (tertiary/aromatic N) is 1. The third-order valence-electron chi connectivity index (χ3n) is 2.69. The molecule has 80 valence electrons. The van der Waals surface area contributed by atoms with Gasteiger partial charge in [-0.1, -0.05) is 6.92 Å². The van der Waals surface area contributed by atoms with Gasteiger partial charge in [0.05, 0.1) is 17.6 Å². The number of aromatic nitrogens is 2. The number of hydrogen-bond donors (Lipinski definition) is 2. The SMILES string of the molecule is CCNCc1nc2cc(C)c(C)cc2[nH]1. The lowest BCUT2D eigenvalue weighted by Crippen LogP contribution is -2.12. The minimum atomic E-state index is 0.809. The molecule has 1 aromatic heterocycles. The number of H-pyrrole nitrogens is 1. The zero-order chi connectivity index (χ0) is 10.8. The van der Waals surface area contributed by atoms with Gasteiger partial charge in [-0.15, -0.1) is 0 Å². The van der Waals surface area contributed by atoms with Crippen molar-refractivity contribution in [2.75, 3.05) is 6.54 Å². The predicted molar refractivity (Wildman–Crippen MR) is 62.9 cm³/mol. The number of imidazole rings is 1. The molecule has 0 spiro atoms. The number of nitrogens with one attached hydrogen (secondary N) is 2. The van der Waals surface area contributed by atoms with E-state index in [0.717, 1.165) is 29.9 Å². The van der Waals surface area contributed by atoms with E-state index >= 15 is 0 Å². The topological polar surface area (TPSA) is 40.7 Å². The standard InChI is InChI=1S/C12H17N3/c1-4-13-7-12-14-10-5-8(2)9(3)6-11(10)15-12/h5-6,13H,4,7H2,1-3H3,(H,14,15). The molecule has 0 fully saturated rings. The van der Waals surface area contributed by atoms with Crippen LogP contribution in [0, 0.1) is 13.8 Å². The van der Waals surface area contributed by atoms with E-state index in [1.54, 1.807) is 0 Å². The summed E-state index contributed by atoms with van der Waals surface area (Å²) < 4.78 is 0. The molecule has 1 heterocycles. The lowest BCUT2D eigenvalue weighted by molar-refractivity contribution is 0.700. The molecule has 2 rings (SSSR count). The summed E-state index contributed by atoms with van der Waals surface area (Å²) in [4.78, 5) is 7.86. The number of hydrogen-bond acceptors (Lipinski definition) is 2. The fourth-order valence-electron chi connectivity index (χ4n) is 1.65. The molecule has 15 heavy (non-hydrogen) atoms. The highest BCUT2D eigenvalue weighted by molar-refractivity contribution is 5.77. The first-order chi connectivity index (χ1) is 7.20. The maximum atomic E-state index is 4.53. The summed E-state index contributed by atoms with van der Waals surface area (Å²) in [5, 5.41) is 3.26. The minimum absolute atomic E-state index is 0.809. The third-order valence-corrected chi connectivity index (χ3v) is 2.69. The number of fused-ring (bicyclic) bond motifs is 1. The van der Waals surface area contributed by atoms with E-state index < -0.39 is 0 Å². The Kier molecular flexibility index (Phi) is 2.73. The molecular weight excluding hydrogens is 186 g/mol. The van der Waals surface area contributed by atoms with Crippen molar-refractivity contribution in [3.05, 3.63) is 29.1 Å². The van der Waals surface area contributed by atoms with Crippen LogP contribution in [0.1, 0.15) is 23.9 Å². The van der Waals surface area contributed by atoms with E-state index in [2.05, 4.69) is 48.2 Å². The van der Waals surface area contributed by atoms with Crippen LogP contribution in [0.5, 0.6) is 0 Å². The molecule has 0 radical (unpaired) electrons. The van der Waals surface area contributed by atoms with Crippen LogP contribution in [0.25, 0.3) is 11.0 Å². The van der Waals surface area contributed by atoms with Crippen molar-refractivity contribution in [1.82, 2.24) is 15.3 Å². The third kappa shape index (κ3) is 2.02. The summed E-state index contributed by atoms with van der Waals surface area (Å²) in [6.45, 7) is 8.11. The van der Waals surface area contributed by atoms with Gasteiger partial charge >= 0.3 is 0 Å². The van der Waals surface area contributed by atoms with E-state index in [-0.39, 0.29) is 0 Å². The van der Waals surface area contributed by atoms with Crippen molar-refractivity contribution < 1.29 is 0 Å². The molecular formula is C12H17N3. The summed E-state index contributed by atoms with van der Waals surface area (Å²) in [7, 11) is 0. The molecule has 2 N–H and O–H groups in total. The first-order valence-electron chi connectivity index (χ1n) is 5.37. The van der Waals surface area contributed by atoms with Gasteiger partial charge in [-0.05, 0) is 43.7 Å². The number of aryl methyl sites for hydroxylation is 2. The average Bonchev–Trinajstić information content (AvgIpc) is 2.58. The highest BCUT2D eigenvalue weighted by Gasteiger charge is 2.03. The van der Waals surface area contributed by atoms with Crippen LogP contribution in [0.3, 0.4) is 0 Å². The predicted octanol–water partition coefficient (Wildman–Crippen LogP) is 2.29. The van der Waals surface area contributed by atoms with Crippen molar-refractivity contribution in [1.29, 1.82) is 0 Å². The molecule has 3 nitrogen and oxygen atoms in total. The van der Waals surface area contributed by atoms with Crippen molar-refractivity contribution in [2.45, 2.75) is 27.3 Å². The first-order valence-corrected chi connectivity index (χ1v) is 5.37. The highest BCUT2D eigenvalue weighted by Crippen LogP contribution is 2.17. The van der Waals surface area contributed by atoms with Crippen LogP contribution in [0.2, 0.25) is 0 Å². The van der Waals surface area contributed by atoms with Crippen LogP contribution in [0.15, 0.2) is 12.1 Å². The Bertz CT molecular complexity index is 432. The van der Waals surface area contributed by atoms with E-state index in [4.69, 9.17) is 0 Å². The normalized spacial score (nSPS) is 11.1. The van der Waals surface area contributed by atoms with Crippen molar-refractivity contribution in [2.24, 2.45) is 0 Å². The van der Waals surface area contributed by atoms with Gasteiger partial charge in [0.2, 0.25) is 0 Å². The molecule has 3 heteroatoms. The molecule has 2 aromatic rings. The maximum Gasteiger partial charge on any atom is 0.121 e. The molecule has 0 aliphatic heterocycles. The molecule has 0 unspecified atom stereocenters. The fourth-order valence-corrected chi connectivity index (χ4v) is 1.65. The van der Waals surface area contributed by atoms with Gasteiger partial charge in [0.15, 0.2) is 0 Å². The Morgan fingerprint density at radius 2 is 2.00 bits per heavy atom. The van der Waals surface area contributed by atoms with E-state index in [1.165, 1.54) is 11.1 Å². The molecule has 0 bridgehead atoms. The quantitative estimate of drug-likeness (QED) is 0.803.